The summed E-state index contributed by atoms with van der Waals surface area (Å²) in [6, 6.07) is 0.972. The minimum Gasteiger partial charge on any atom is -0.468 e. The maximum atomic E-state index is 11.9. The van der Waals surface area contributed by atoms with Gasteiger partial charge in [0.15, 0.2) is 0 Å². The standard InChI is InChI=1S/C15H31N3O2/c1-7-13-11-18(9-8-17(13)5)12(2)10-15(3,16-4)14(19)20-6/h12-13,16H,7-11H2,1-6H3. The molecular formula is C15H31N3O2. The molecule has 5 nitrogen and oxygen atoms in total. The zero-order valence-electron chi connectivity index (χ0n) is 13.9. The number of piperazine rings is 1. The normalized spacial score (nSPS) is 26.0. The molecule has 0 aliphatic carbocycles. The van der Waals surface area contributed by atoms with Gasteiger partial charge in [-0.15, -0.1) is 0 Å². The van der Waals surface area contributed by atoms with Crippen LogP contribution in [0.15, 0.2) is 0 Å². The van der Waals surface area contributed by atoms with Crippen molar-refractivity contribution >= 4 is 5.97 Å². The minimum absolute atomic E-state index is 0.187. The van der Waals surface area contributed by atoms with Crippen LogP contribution in [0.4, 0.5) is 0 Å². The van der Waals surface area contributed by atoms with Crippen molar-refractivity contribution in [2.75, 3.05) is 40.8 Å². The van der Waals surface area contributed by atoms with Gasteiger partial charge >= 0.3 is 5.97 Å². The smallest absolute Gasteiger partial charge is 0.325 e. The van der Waals surface area contributed by atoms with E-state index in [1.165, 1.54) is 13.5 Å². The molecule has 0 radical (unpaired) electrons. The third-order valence-electron chi connectivity index (χ3n) is 4.79. The van der Waals surface area contributed by atoms with Gasteiger partial charge in [0.1, 0.15) is 5.54 Å². The van der Waals surface area contributed by atoms with Crippen LogP contribution in [0, 0.1) is 0 Å². The van der Waals surface area contributed by atoms with Gasteiger partial charge in [-0.25, -0.2) is 0 Å². The lowest BCUT2D eigenvalue weighted by Crippen LogP contribution is -2.57. The van der Waals surface area contributed by atoms with Crippen LogP contribution in [0.5, 0.6) is 0 Å². The van der Waals surface area contributed by atoms with E-state index in [0.29, 0.717) is 12.1 Å². The van der Waals surface area contributed by atoms with Gasteiger partial charge in [-0.05, 0) is 40.8 Å². The van der Waals surface area contributed by atoms with Crippen molar-refractivity contribution in [3.8, 4) is 0 Å². The fourth-order valence-corrected chi connectivity index (χ4v) is 3.04. The summed E-state index contributed by atoms with van der Waals surface area (Å²) < 4.78 is 4.93. The molecule has 0 saturated carbocycles. The Morgan fingerprint density at radius 2 is 2.15 bits per heavy atom. The first-order valence-corrected chi connectivity index (χ1v) is 7.59. The maximum Gasteiger partial charge on any atom is 0.325 e. The average molecular weight is 285 g/mol. The summed E-state index contributed by atoms with van der Waals surface area (Å²) in [5, 5.41) is 3.12. The highest BCUT2D eigenvalue weighted by atomic mass is 16.5. The predicted molar refractivity (Wildman–Crippen MR) is 81.8 cm³/mol. The molecule has 3 atom stereocenters. The lowest BCUT2D eigenvalue weighted by molar-refractivity contribution is -0.148. The second-order valence-corrected chi connectivity index (χ2v) is 6.16. The topological polar surface area (TPSA) is 44.8 Å². The quantitative estimate of drug-likeness (QED) is 0.736. The summed E-state index contributed by atoms with van der Waals surface area (Å²) in [4.78, 5) is 16.9. The van der Waals surface area contributed by atoms with Crippen LogP contribution in [-0.2, 0) is 9.53 Å². The molecular weight excluding hydrogens is 254 g/mol. The summed E-state index contributed by atoms with van der Waals surface area (Å²) in [5.74, 6) is -0.187. The molecule has 5 heteroatoms. The summed E-state index contributed by atoms with van der Waals surface area (Å²) >= 11 is 0. The van der Waals surface area contributed by atoms with Gasteiger partial charge in [0.2, 0.25) is 0 Å². The van der Waals surface area contributed by atoms with Crippen LogP contribution in [0.25, 0.3) is 0 Å². The first-order chi connectivity index (χ1) is 9.37. The molecule has 1 aliphatic heterocycles. The summed E-state index contributed by atoms with van der Waals surface area (Å²) in [6.45, 7) is 9.60. The zero-order chi connectivity index (χ0) is 15.3. The number of nitrogens with one attached hydrogen (secondary N) is 1. The Labute approximate surface area is 123 Å². The molecule has 0 bridgehead atoms. The Kier molecular flexibility index (Phi) is 6.43. The number of methoxy groups -OCH3 is 1. The predicted octanol–water partition coefficient (Wildman–Crippen LogP) is 0.942. The lowest BCUT2D eigenvalue weighted by atomic mass is 9.92. The first-order valence-electron chi connectivity index (χ1n) is 7.59. The Morgan fingerprint density at radius 1 is 1.50 bits per heavy atom. The number of ether oxygens (including phenoxy) is 1. The second kappa shape index (κ2) is 7.38. The Hall–Kier alpha value is -0.650. The highest BCUT2D eigenvalue weighted by Gasteiger charge is 2.36. The number of hydrogen-bond donors (Lipinski definition) is 1. The van der Waals surface area contributed by atoms with E-state index in [-0.39, 0.29) is 5.97 Å². The lowest BCUT2D eigenvalue weighted by Gasteiger charge is -2.43. The molecule has 0 aromatic rings. The van der Waals surface area contributed by atoms with Gasteiger partial charge < -0.3 is 15.0 Å². The average Bonchev–Trinajstić information content (AvgIpc) is 2.46. The second-order valence-electron chi connectivity index (χ2n) is 6.16. The van der Waals surface area contributed by atoms with Crippen LogP contribution in [0.3, 0.4) is 0 Å². The molecule has 1 rings (SSSR count). The van der Waals surface area contributed by atoms with E-state index in [2.05, 4.69) is 36.0 Å². The molecule has 0 aromatic heterocycles. The minimum atomic E-state index is -0.612. The SMILES string of the molecule is CCC1CN(C(C)CC(C)(NC)C(=O)OC)CCN1C. The van der Waals surface area contributed by atoms with Crippen molar-refractivity contribution in [3.05, 3.63) is 0 Å². The van der Waals surface area contributed by atoms with Crippen molar-refractivity contribution in [2.24, 2.45) is 0 Å². The molecule has 1 heterocycles. The van der Waals surface area contributed by atoms with Crippen molar-refractivity contribution in [1.82, 2.24) is 15.1 Å². The molecule has 1 aliphatic rings. The van der Waals surface area contributed by atoms with Gasteiger partial charge in [0.25, 0.3) is 0 Å². The van der Waals surface area contributed by atoms with Gasteiger partial charge in [-0.3, -0.25) is 9.69 Å². The number of nitrogens with zero attached hydrogens (tertiary/aromatic N) is 2. The molecule has 1 saturated heterocycles. The molecule has 0 aromatic carbocycles. The van der Waals surface area contributed by atoms with Gasteiger partial charge in [0.05, 0.1) is 7.11 Å². The van der Waals surface area contributed by atoms with Crippen molar-refractivity contribution in [2.45, 2.75) is 51.2 Å². The fourth-order valence-electron chi connectivity index (χ4n) is 3.04. The van der Waals surface area contributed by atoms with Crippen LogP contribution in [-0.4, -0.2) is 74.2 Å². The molecule has 3 unspecified atom stereocenters. The largest absolute Gasteiger partial charge is 0.468 e. The van der Waals surface area contributed by atoms with E-state index in [0.717, 1.165) is 26.1 Å². The maximum absolute atomic E-state index is 11.9. The van der Waals surface area contributed by atoms with Crippen LogP contribution >= 0.6 is 0 Å². The van der Waals surface area contributed by atoms with Gasteiger partial charge in [0, 0.05) is 31.7 Å². The zero-order valence-corrected chi connectivity index (χ0v) is 13.9. The molecule has 1 N–H and O–H groups in total. The number of rotatable bonds is 6. The van der Waals surface area contributed by atoms with E-state index in [4.69, 9.17) is 4.74 Å². The van der Waals surface area contributed by atoms with E-state index >= 15 is 0 Å². The first kappa shape index (κ1) is 17.4. The van der Waals surface area contributed by atoms with E-state index in [1.807, 2.05) is 14.0 Å². The van der Waals surface area contributed by atoms with Crippen molar-refractivity contribution in [3.63, 3.8) is 0 Å². The summed E-state index contributed by atoms with van der Waals surface area (Å²) in [7, 11) is 5.47. The van der Waals surface area contributed by atoms with Crippen molar-refractivity contribution < 1.29 is 9.53 Å². The summed E-state index contributed by atoms with van der Waals surface area (Å²) in [5.41, 5.74) is -0.612. The summed E-state index contributed by atoms with van der Waals surface area (Å²) in [6.07, 6.45) is 1.93. The molecule has 0 spiro atoms. The molecule has 0 amide bonds. The Bertz CT molecular complexity index is 324. The monoisotopic (exact) mass is 285 g/mol. The molecule has 1 fully saturated rings. The van der Waals surface area contributed by atoms with Crippen LogP contribution in [0.2, 0.25) is 0 Å². The van der Waals surface area contributed by atoms with E-state index < -0.39 is 5.54 Å². The third kappa shape index (κ3) is 3.93. The number of esters is 1. The van der Waals surface area contributed by atoms with Gasteiger partial charge in [-0.2, -0.15) is 0 Å². The molecule has 118 valence electrons. The van der Waals surface area contributed by atoms with E-state index in [1.54, 1.807) is 0 Å². The Balaban J connectivity index is 2.65. The van der Waals surface area contributed by atoms with Crippen LogP contribution < -0.4 is 5.32 Å². The number of carbonyl (C=O) groups is 1. The highest BCUT2D eigenvalue weighted by molar-refractivity contribution is 5.80. The number of likely N-dealkylation sites (N-methyl/N-ethyl adjacent to an activating group) is 2. The fraction of sp³-hybridized carbons (Fsp3) is 0.933. The van der Waals surface area contributed by atoms with Gasteiger partial charge in [-0.1, -0.05) is 6.92 Å². The van der Waals surface area contributed by atoms with Crippen LogP contribution in [0.1, 0.15) is 33.6 Å². The third-order valence-corrected chi connectivity index (χ3v) is 4.79. The number of hydrogen-bond acceptors (Lipinski definition) is 5. The van der Waals surface area contributed by atoms with Crippen molar-refractivity contribution in [1.29, 1.82) is 0 Å². The highest BCUT2D eigenvalue weighted by Crippen LogP contribution is 2.21. The number of carbonyl (C=O) groups excluding carboxylic acids is 1. The molecule has 20 heavy (non-hydrogen) atoms. The van der Waals surface area contributed by atoms with E-state index in [9.17, 15) is 4.79 Å². The Morgan fingerprint density at radius 3 is 2.65 bits per heavy atom.